The van der Waals surface area contributed by atoms with E-state index in [4.69, 9.17) is 0 Å². The van der Waals surface area contributed by atoms with Crippen LogP contribution in [0.4, 0.5) is 4.39 Å². The summed E-state index contributed by atoms with van der Waals surface area (Å²) in [5, 5.41) is 3.55. The number of hydrogen-bond acceptors (Lipinski definition) is 1. The lowest BCUT2D eigenvalue weighted by atomic mass is 9.95. The maximum Gasteiger partial charge on any atom is 0.137 e. The molecule has 2 aromatic rings. The van der Waals surface area contributed by atoms with Crippen LogP contribution in [0.1, 0.15) is 36.1 Å². The molecular weight excluding hydrogens is 397 g/mol. The molecule has 0 aliphatic carbocycles. The van der Waals surface area contributed by atoms with Crippen molar-refractivity contribution in [2.75, 3.05) is 6.54 Å². The van der Waals surface area contributed by atoms with Crippen LogP contribution in [0, 0.1) is 12.7 Å². The van der Waals surface area contributed by atoms with Gasteiger partial charge in [0.2, 0.25) is 0 Å². The number of hydrogen-bond donors (Lipinski definition) is 1. The molecule has 0 bridgehead atoms. The molecule has 0 aliphatic heterocycles. The summed E-state index contributed by atoms with van der Waals surface area (Å²) in [5.74, 6) is -0.236. The molecule has 1 nitrogen and oxygen atoms in total. The summed E-state index contributed by atoms with van der Waals surface area (Å²) in [6.45, 7) is 5.15. The Balaban J connectivity index is 2.44. The van der Waals surface area contributed by atoms with Crippen molar-refractivity contribution in [3.05, 3.63) is 67.9 Å². The fourth-order valence-corrected chi connectivity index (χ4v) is 3.22. The van der Waals surface area contributed by atoms with Gasteiger partial charge in [-0.15, -0.1) is 0 Å². The fourth-order valence-electron chi connectivity index (χ4n) is 2.35. The van der Waals surface area contributed by atoms with Gasteiger partial charge < -0.3 is 5.32 Å². The maximum atomic E-state index is 13.5. The van der Waals surface area contributed by atoms with Gasteiger partial charge in [0.1, 0.15) is 5.82 Å². The molecule has 0 radical (unpaired) electrons. The van der Waals surface area contributed by atoms with E-state index in [0.717, 1.165) is 23.0 Å². The summed E-state index contributed by atoms with van der Waals surface area (Å²) in [4.78, 5) is 0. The van der Waals surface area contributed by atoms with Crippen molar-refractivity contribution in [3.63, 3.8) is 0 Å². The standard InChI is InChI=1S/C17H18Br2FN/c1-3-8-21-17(12-4-7-16(20)15(19)10-12)14-6-5-13(18)9-11(14)2/h4-7,9-10,17,21H,3,8H2,1-2H3. The smallest absolute Gasteiger partial charge is 0.137 e. The van der Waals surface area contributed by atoms with Crippen LogP contribution in [0.2, 0.25) is 0 Å². The molecule has 0 saturated carbocycles. The highest BCUT2D eigenvalue weighted by molar-refractivity contribution is 9.10. The van der Waals surface area contributed by atoms with Crippen LogP contribution in [0.25, 0.3) is 0 Å². The van der Waals surface area contributed by atoms with Gasteiger partial charge in [-0.1, -0.05) is 35.0 Å². The predicted octanol–water partition coefficient (Wildman–Crippen LogP) is 5.75. The van der Waals surface area contributed by atoms with Gasteiger partial charge in [-0.2, -0.15) is 0 Å². The molecule has 2 aromatic carbocycles. The molecule has 0 spiro atoms. The average molecular weight is 415 g/mol. The Morgan fingerprint density at radius 3 is 2.52 bits per heavy atom. The molecule has 112 valence electrons. The van der Waals surface area contributed by atoms with Crippen LogP contribution in [-0.2, 0) is 0 Å². The van der Waals surface area contributed by atoms with E-state index in [2.05, 4.69) is 63.2 Å². The molecule has 0 amide bonds. The zero-order valence-electron chi connectivity index (χ0n) is 12.1. The lowest BCUT2D eigenvalue weighted by Crippen LogP contribution is -2.24. The molecule has 4 heteroatoms. The van der Waals surface area contributed by atoms with Crippen LogP contribution >= 0.6 is 31.9 Å². The average Bonchev–Trinajstić information content (AvgIpc) is 2.44. The maximum absolute atomic E-state index is 13.5. The van der Waals surface area contributed by atoms with Gasteiger partial charge in [0.25, 0.3) is 0 Å². The van der Waals surface area contributed by atoms with Crippen LogP contribution in [0.15, 0.2) is 45.3 Å². The third-order valence-corrected chi connectivity index (χ3v) is 4.52. The normalized spacial score (nSPS) is 12.4. The van der Waals surface area contributed by atoms with Crippen molar-refractivity contribution in [1.29, 1.82) is 0 Å². The number of aryl methyl sites for hydroxylation is 1. The second kappa shape index (κ2) is 7.52. The zero-order valence-corrected chi connectivity index (χ0v) is 15.3. The molecule has 0 aliphatic rings. The molecule has 1 unspecified atom stereocenters. The van der Waals surface area contributed by atoms with E-state index < -0.39 is 0 Å². The van der Waals surface area contributed by atoms with Crippen LogP contribution in [0.5, 0.6) is 0 Å². The number of benzene rings is 2. The van der Waals surface area contributed by atoms with Gasteiger partial charge in [0.05, 0.1) is 10.5 Å². The summed E-state index contributed by atoms with van der Waals surface area (Å²) in [7, 11) is 0. The van der Waals surface area contributed by atoms with E-state index in [-0.39, 0.29) is 11.9 Å². The highest BCUT2D eigenvalue weighted by Crippen LogP contribution is 2.29. The first-order chi connectivity index (χ1) is 10.0. The minimum absolute atomic E-state index is 0.0648. The molecule has 0 saturated heterocycles. The monoisotopic (exact) mass is 413 g/mol. The van der Waals surface area contributed by atoms with Crippen LogP contribution in [-0.4, -0.2) is 6.54 Å². The molecule has 1 N–H and O–H groups in total. The SMILES string of the molecule is CCCNC(c1ccc(F)c(Br)c1)c1ccc(Br)cc1C. The Morgan fingerprint density at radius 1 is 1.14 bits per heavy atom. The van der Waals surface area contributed by atoms with Crippen molar-refractivity contribution < 1.29 is 4.39 Å². The first kappa shape index (κ1) is 16.7. The molecule has 0 aromatic heterocycles. The Morgan fingerprint density at radius 2 is 1.90 bits per heavy atom. The zero-order chi connectivity index (χ0) is 15.4. The number of nitrogens with one attached hydrogen (secondary N) is 1. The van der Waals surface area contributed by atoms with E-state index in [9.17, 15) is 4.39 Å². The van der Waals surface area contributed by atoms with Gasteiger partial charge in [-0.25, -0.2) is 4.39 Å². The molecule has 2 rings (SSSR count). The third-order valence-electron chi connectivity index (χ3n) is 3.42. The van der Waals surface area contributed by atoms with Gasteiger partial charge >= 0.3 is 0 Å². The molecule has 0 fully saturated rings. The molecule has 21 heavy (non-hydrogen) atoms. The summed E-state index contributed by atoms with van der Waals surface area (Å²) in [5.41, 5.74) is 3.48. The van der Waals surface area contributed by atoms with E-state index >= 15 is 0 Å². The van der Waals surface area contributed by atoms with Gasteiger partial charge in [0, 0.05) is 4.47 Å². The van der Waals surface area contributed by atoms with Crippen molar-refractivity contribution in [2.24, 2.45) is 0 Å². The Hall–Kier alpha value is -0.710. The second-order valence-corrected chi connectivity index (χ2v) is 6.83. The minimum Gasteiger partial charge on any atom is -0.306 e. The minimum atomic E-state index is -0.236. The van der Waals surface area contributed by atoms with E-state index in [1.165, 1.54) is 17.2 Å². The van der Waals surface area contributed by atoms with Crippen molar-refractivity contribution in [3.8, 4) is 0 Å². The van der Waals surface area contributed by atoms with Crippen molar-refractivity contribution >= 4 is 31.9 Å². The summed E-state index contributed by atoms with van der Waals surface area (Å²) in [6.07, 6.45) is 1.05. The third kappa shape index (κ3) is 4.15. The molecule has 0 heterocycles. The topological polar surface area (TPSA) is 12.0 Å². The summed E-state index contributed by atoms with van der Waals surface area (Å²) < 4.78 is 15.0. The summed E-state index contributed by atoms with van der Waals surface area (Å²) in [6, 6.07) is 11.5. The fraction of sp³-hybridized carbons (Fsp3) is 0.294. The predicted molar refractivity (Wildman–Crippen MR) is 93.1 cm³/mol. The Bertz CT molecular complexity index is 628. The van der Waals surface area contributed by atoms with E-state index in [1.54, 1.807) is 0 Å². The lowest BCUT2D eigenvalue weighted by Gasteiger charge is -2.22. The highest BCUT2D eigenvalue weighted by atomic mass is 79.9. The highest BCUT2D eigenvalue weighted by Gasteiger charge is 2.16. The van der Waals surface area contributed by atoms with Crippen LogP contribution < -0.4 is 5.32 Å². The van der Waals surface area contributed by atoms with Crippen molar-refractivity contribution in [2.45, 2.75) is 26.3 Å². The second-order valence-electron chi connectivity index (χ2n) is 5.06. The van der Waals surface area contributed by atoms with Gasteiger partial charge in [-0.3, -0.25) is 0 Å². The van der Waals surface area contributed by atoms with E-state index in [1.807, 2.05) is 18.2 Å². The first-order valence-corrected chi connectivity index (χ1v) is 8.56. The van der Waals surface area contributed by atoms with E-state index in [0.29, 0.717) is 4.47 Å². The molecule has 1 atom stereocenters. The molecular formula is C17H18Br2FN. The quantitative estimate of drug-likeness (QED) is 0.656. The number of halogens is 3. The Labute approximate surface area is 142 Å². The summed E-state index contributed by atoms with van der Waals surface area (Å²) >= 11 is 6.77. The largest absolute Gasteiger partial charge is 0.306 e. The first-order valence-electron chi connectivity index (χ1n) is 6.97. The van der Waals surface area contributed by atoms with Gasteiger partial charge in [0.15, 0.2) is 0 Å². The van der Waals surface area contributed by atoms with Crippen molar-refractivity contribution in [1.82, 2.24) is 5.32 Å². The van der Waals surface area contributed by atoms with Gasteiger partial charge in [-0.05, 0) is 76.8 Å². The van der Waals surface area contributed by atoms with Crippen LogP contribution in [0.3, 0.4) is 0 Å². The Kier molecular flexibility index (Phi) is 5.97. The lowest BCUT2D eigenvalue weighted by molar-refractivity contribution is 0.589. The number of rotatable bonds is 5.